The van der Waals surface area contributed by atoms with E-state index >= 15 is 0 Å². The predicted octanol–water partition coefficient (Wildman–Crippen LogP) is 4.03. The van der Waals surface area contributed by atoms with E-state index in [1.807, 2.05) is 42.2 Å². The van der Waals surface area contributed by atoms with Gasteiger partial charge in [0, 0.05) is 36.8 Å². The molecule has 166 valence electrons. The van der Waals surface area contributed by atoms with Gasteiger partial charge in [-0.2, -0.15) is 4.98 Å². The van der Waals surface area contributed by atoms with E-state index in [4.69, 9.17) is 9.26 Å². The van der Waals surface area contributed by atoms with Crippen molar-refractivity contribution in [3.05, 3.63) is 59.5 Å². The molecule has 0 unspecified atom stereocenters. The molecule has 1 N–H and O–H groups in total. The lowest BCUT2D eigenvalue weighted by Gasteiger charge is -2.31. The lowest BCUT2D eigenvalue weighted by Crippen LogP contribution is -2.39. The van der Waals surface area contributed by atoms with E-state index in [1.54, 1.807) is 19.2 Å². The Morgan fingerprint density at radius 1 is 1.19 bits per heavy atom. The van der Waals surface area contributed by atoms with Crippen molar-refractivity contribution in [3.8, 4) is 17.1 Å². The molecule has 2 amide bonds. The predicted molar refractivity (Wildman–Crippen MR) is 120 cm³/mol. The van der Waals surface area contributed by atoms with Gasteiger partial charge in [0.05, 0.1) is 13.0 Å². The number of nitrogens with one attached hydrogen (secondary N) is 1. The van der Waals surface area contributed by atoms with Crippen LogP contribution < -0.4 is 10.1 Å². The number of carbonyl (C=O) groups excluding carboxylic acids is 2. The fourth-order valence-corrected chi connectivity index (χ4v) is 3.96. The van der Waals surface area contributed by atoms with Crippen molar-refractivity contribution in [1.29, 1.82) is 0 Å². The normalized spacial score (nSPS) is 16.0. The summed E-state index contributed by atoms with van der Waals surface area (Å²) >= 11 is 0. The van der Waals surface area contributed by atoms with E-state index in [0.29, 0.717) is 36.1 Å². The molecule has 8 heteroatoms. The molecule has 1 aliphatic rings. The molecular weight excluding hydrogens is 408 g/mol. The SMILES string of the molecule is COc1ccc(C(=O)N2CCC[C@@H](c3nc(-c4ccc(NC(C)=O)cc4)no3)C2)c(C)c1. The quantitative estimate of drug-likeness (QED) is 0.651. The zero-order chi connectivity index (χ0) is 22.7. The number of benzene rings is 2. The number of carbonyl (C=O) groups is 2. The van der Waals surface area contributed by atoms with Gasteiger partial charge < -0.3 is 19.5 Å². The standard InChI is InChI=1S/C24H26N4O4/c1-15-13-20(31-3)10-11-21(15)24(30)28-12-4-5-18(14-28)23-26-22(27-32-23)17-6-8-19(9-7-17)25-16(2)29/h6-11,13,18H,4-5,12,14H2,1-3H3,(H,25,29)/t18-/m1/s1. The van der Waals surface area contributed by atoms with Gasteiger partial charge in [-0.3, -0.25) is 9.59 Å². The van der Waals surface area contributed by atoms with E-state index < -0.39 is 0 Å². The number of hydrogen-bond acceptors (Lipinski definition) is 6. The van der Waals surface area contributed by atoms with Gasteiger partial charge in [-0.15, -0.1) is 0 Å². The zero-order valence-electron chi connectivity index (χ0n) is 18.4. The average Bonchev–Trinajstić information content (AvgIpc) is 3.29. The summed E-state index contributed by atoms with van der Waals surface area (Å²) in [5, 5.41) is 6.85. The zero-order valence-corrected chi connectivity index (χ0v) is 18.4. The lowest BCUT2D eigenvalue weighted by atomic mass is 9.96. The van der Waals surface area contributed by atoms with Crippen LogP contribution in [0.3, 0.4) is 0 Å². The Morgan fingerprint density at radius 2 is 1.97 bits per heavy atom. The van der Waals surface area contributed by atoms with Crippen molar-refractivity contribution in [1.82, 2.24) is 15.0 Å². The van der Waals surface area contributed by atoms with Gasteiger partial charge in [0.1, 0.15) is 5.75 Å². The van der Waals surface area contributed by atoms with Gasteiger partial charge in [-0.25, -0.2) is 0 Å². The number of amides is 2. The maximum Gasteiger partial charge on any atom is 0.254 e. The van der Waals surface area contributed by atoms with E-state index in [0.717, 1.165) is 29.7 Å². The Hall–Kier alpha value is -3.68. The number of rotatable bonds is 5. The molecule has 2 heterocycles. The number of piperidine rings is 1. The molecule has 1 fully saturated rings. The van der Waals surface area contributed by atoms with E-state index in [1.165, 1.54) is 6.92 Å². The van der Waals surface area contributed by atoms with Crippen molar-refractivity contribution in [2.24, 2.45) is 0 Å². The third-order valence-electron chi connectivity index (χ3n) is 5.63. The number of likely N-dealkylation sites (tertiary alicyclic amines) is 1. The van der Waals surface area contributed by atoms with Crippen LogP contribution in [0.2, 0.25) is 0 Å². The minimum Gasteiger partial charge on any atom is -0.497 e. The minimum atomic E-state index is -0.124. The molecule has 2 aromatic carbocycles. The first-order chi connectivity index (χ1) is 15.4. The molecular formula is C24H26N4O4. The number of ether oxygens (including phenoxy) is 1. The second kappa shape index (κ2) is 9.21. The number of nitrogens with zero attached hydrogens (tertiary/aromatic N) is 3. The van der Waals surface area contributed by atoms with Crippen LogP contribution in [0.25, 0.3) is 11.4 Å². The summed E-state index contributed by atoms with van der Waals surface area (Å²) in [6.07, 6.45) is 1.75. The highest BCUT2D eigenvalue weighted by molar-refractivity contribution is 5.96. The highest BCUT2D eigenvalue weighted by Gasteiger charge is 2.29. The second-order valence-electron chi connectivity index (χ2n) is 7.99. The fraction of sp³-hybridized carbons (Fsp3) is 0.333. The van der Waals surface area contributed by atoms with Gasteiger partial charge in [0.2, 0.25) is 17.6 Å². The maximum atomic E-state index is 13.1. The monoisotopic (exact) mass is 434 g/mol. The molecule has 1 atom stereocenters. The van der Waals surface area contributed by atoms with Crippen LogP contribution in [0.5, 0.6) is 5.75 Å². The number of aromatic nitrogens is 2. The van der Waals surface area contributed by atoms with E-state index in [9.17, 15) is 9.59 Å². The van der Waals surface area contributed by atoms with Crippen LogP contribution in [-0.4, -0.2) is 47.1 Å². The Balaban J connectivity index is 1.46. The molecule has 1 aromatic heterocycles. The van der Waals surface area contributed by atoms with Gasteiger partial charge in [0.25, 0.3) is 5.91 Å². The first-order valence-corrected chi connectivity index (χ1v) is 10.6. The molecule has 0 aliphatic carbocycles. The summed E-state index contributed by atoms with van der Waals surface area (Å²) in [5.74, 6) is 1.63. The molecule has 0 spiro atoms. The molecule has 0 saturated carbocycles. The van der Waals surface area contributed by atoms with E-state index in [2.05, 4.69) is 15.5 Å². The molecule has 3 aromatic rings. The fourth-order valence-electron chi connectivity index (χ4n) is 3.96. The first-order valence-electron chi connectivity index (χ1n) is 10.6. The Labute approximate surface area is 186 Å². The smallest absolute Gasteiger partial charge is 0.254 e. The largest absolute Gasteiger partial charge is 0.497 e. The number of anilines is 1. The Morgan fingerprint density at radius 3 is 2.66 bits per heavy atom. The molecule has 32 heavy (non-hydrogen) atoms. The number of methoxy groups -OCH3 is 1. The van der Waals surface area contributed by atoms with Gasteiger partial charge in [0.15, 0.2) is 0 Å². The third kappa shape index (κ3) is 4.64. The van der Waals surface area contributed by atoms with Crippen LogP contribution in [0.4, 0.5) is 5.69 Å². The van der Waals surface area contributed by atoms with Crippen molar-refractivity contribution in [2.75, 3.05) is 25.5 Å². The summed E-state index contributed by atoms with van der Waals surface area (Å²) in [7, 11) is 1.61. The molecule has 8 nitrogen and oxygen atoms in total. The molecule has 4 rings (SSSR count). The van der Waals surface area contributed by atoms with Crippen LogP contribution in [0, 0.1) is 6.92 Å². The van der Waals surface area contributed by atoms with E-state index in [-0.39, 0.29) is 17.7 Å². The van der Waals surface area contributed by atoms with Crippen molar-refractivity contribution in [2.45, 2.75) is 32.6 Å². The first kappa shape index (κ1) is 21.5. The molecule has 1 saturated heterocycles. The Kier molecular flexibility index (Phi) is 6.20. The molecule has 0 radical (unpaired) electrons. The van der Waals surface area contributed by atoms with Crippen LogP contribution >= 0.6 is 0 Å². The number of hydrogen-bond donors (Lipinski definition) is 1. The van der Waals surface area contributed by atoms with Gasteiger partial charge in [-0.1, -0.05) is 5.16 Å². The van der Waals surface area contributed by atoms with Crippen LogP contribution in [0.15, 0.2) is 47.0 Å². The van der Waals surface area contributed by atoms with Crippen molar-refractivity contribution in [3.63, 3.8) is 0 Å². The minimum absolute atomic E-state index is 0.00292. The summed E-state index contributed by atoms with van der Waals surface area (Å²) in [6, 6.07) is 12.8. The summed E-state index contributed by atoms with van der Waals surface area (Å²) in [4.78, 5) is 30.7. The average molecular weight is 434 g/mol. The highest BCUT2D eigenvalue weighted by atomic mass is 16.5. The maximum absolute atomic E-state index is 13.1. The molecule has 0 bridgehead atoms. The third-order valence-corrected chi connectivity index (χ3v) is 5.63. The summed E-state index contributed by atoms with van der Waals surface area (Å²) < 4.78 is 10.8. The second-order valence-corrected chi connectivity index (χ2v) is 7.99. The van der Waals surface area contributed by atoms with Gasteiger partial charge in [-0.05, 0) is 67.8 Å². The highest BCUT2D eigenvalue weighted by Crippen LogP contribution is 2.29. The topological polar surface area (TPSA) is 97.6 Å². The lowest BCUT2D eigenvalue weighted by molar-refractivity contribution is -0.114. The van der Waals surface area contributed by atoms with Crippen molar-refractivity contribution < 1.29 is 18.8 Å². The van der Waals surface area contributed by atoms with Crippen molar-refractivity contribution >= 4 is 17.5 Å². The van der Waals surface area contributed by atoms with Crippen LogP contribution in [0.1, 0.15) is 47.5 Å². The summed E-state index contributed by atoms with van der Waals surface area (Å²) in [5.41, 5.74) is 3.07. The number of aryl methyl sites for hydroxylation is 1. The van der Waals surface area contributed by atoms with Crippen LogP contribution in [-0.2, 0) is 4.79 Å². The summed E-state index contributed by atoms with van der Waals surface area (Å²) in [6.45, 7) is 4.62. The Bertz CT molecular complexity index is 1120. The molecule has 1 aliphatic heterocycles. The van der Waals surface area contributed by atoms with Gasteiger partial charge >= 0.3 is 0 Å².